The van der Waals surface area contributed by atoms with Crippen LogP contribution in [-0.4, -0.2) is 45.7 Å². The van der Waals surface area contributed by atoms with Crippen LogP contribution in [0.4, 0.5) is 0 Å². The second-order valence-corrected chi connectivity index (χ2v) is 6.77. The zero-order chi connectivity index (χ0) is 14.2. The van der Waals surface area contributed by atoms with Crippen LogP contribution in [0.3, 0.4) is 0 Å². The number of aromatic nitrogens is 2. The Morgan fingerprint density at radius 1 is 1.40 bits per heavy atom. The van der Waals surface area contributed by atoms with Crippen LogP contribution in [0.5, 0.6) is 0 Å². The highest BCUT2D eigenvalue weighted by atomic mass is 15.3. The summed E-state index contributed by atoms with van der Waals surface area (Å²) >= 11 is 0. The fourth-order valence-electron chi connectivity index (χ4n) is 3.62. The van der Waals surface area contributed by atoms with Gasteiger partial charge in [-0.2, -0.15) is 0 Å². The summed E-state index contributed by atoms with van der Waals surface area (Å²) < 4.78 is 2.27. The van der Waals surface area contributed by atoms with Crippen LogP contribution in [0.15, 0.2) is 12.4 Å². The molecule has 2 unspecified atom stereocenters. The minimum Gasteiger partial charge on any atom is -0.334 e. The summed E-state index contributed by atoms with van der Waals surface area (Å²) in [6.45, 7) is 11.4. The predicted octanol–water partition coefficient (Wildman–Crippen LogP) is 2.04. The molecule has 4 heteroatoms. The standard InChI is InChI=1S/C16H28N4/c1-4-15-11-18-16(3,14-5-6-14)12-20(15)10-9-19-8-7-17-13(19)2/h7-8,14-15,18H,4-6,9-12H2,1-3H3. The van der Waals surface area contributed by atoms with E-state index in [1.54, 1.807) is 0 Å². The Kier molecular flexibility index (Phi) is 3.87. The Morgan fingerprint density at radius 2 is 2.20 bits per heavy atom. The van der Waals surface area contributed by atoms with Crippen molar-refractivity contribution in [2.45, 2.75) is 58.2 Å². The van der Waals surface area contributed by atoms with E-state index in [-0.39, 0.29) is 0 Å². The van der Waals surface area contributed by atoms with Crippen molar-refractivity contribution in [2.24, 2.45) is 5.92 Å². The molecule has 1 aromatic rings. The lowest BCUT2D eigenvalue weighted by Gasteiger charge is -2.46. The Balaban J connectivity index is 1.63. The lowest BCUT2D eigenvalue weighted by molar-refractivity contribution is 0.0698. The van der Waals surface area contributed by atoms with Crippen molar-refractivity contribution in [3.63, 3.8) is 0 Å². The molecule has 0 spiro atoms. The zero-order valence-corrected chi connectivity index (χ0v) is 13.1. The summed E-state index contributed by atoms with van der Waals surface area (Å²) in [5, 5.41) is 3.83. The van der Waals surface area contributed by atoms with E-state index >= 15 is 0 Å². The minimum absolute atomic E-state index is 0.343. The average molecular weight is 276 g/mol. The number of rotatable bonds is 5. The third-order valence-corrected chi connectivity index (χ3v) is 5.29. The fourth-order valence-corrected chi connectivity index (χ4v) is 3.62. The van der Waals surface area contributed by atoms with Gasteiger partial charge >= 0.3 is 0 Å². The van der Waals surface area contributed by atoms with E-state index in [0.29, 0.717) is 11.6 Å². The van der Waals surface area contributed by atoms with Crippen LogP contribution in [0.2, 0.25) is 0 Å². The summed E-state index contributed by atoms with van der Waals surface area (Å²) in [5.41, 5.74) is 0.343. The van der Waals surface area contributed by atoms with Gasteiger partial charge in [0.2, 0.25) is 0 Å². The highest BCUT2D eigenvalue weighted by Gasteiger charge is 2.45. The molecule has 2 atom stereocenters. The van der Waals surface area contributed by atoms with Gasteiger partial charge in [0.05, 0.1) is 0 Å². The zero-order valence-electron chi connectivity index (χ0n) is 13.1. The molecular weight excluding hydrogens is 248 g/mol. The molecule has 112 valence electrons. The smallest absolute Gasteiger partial charge is 0.105 e. The molecule has 0 amide bonds. The van der Waals surface area contributed by atoms with E-state index in [4.69, 9.17) is 0 Å². The van der Waals surface area contributed by atoms with E-state index in [0.717, 1.165) is 31.4 Å². The Morgan fingerprint density at radius 3 is 2.80 bits per heavy atom. The number of imidazole rings is 1. The second-order valence-electron chi connectivity index (χ2n) is 6.77. The minimum atomic E-state index is 0.343. The van der Waals surface area contributed by atoms with Gasteiger partial charge in [-0.15, -0.1) is 0 Å². The molecule has 4 nitrogen and oxygen atoms in total. The fraction of sp³-hybridized carbons (Fsp3) is 0.812. The highest BCUT2D eigenvalue weighted by molar-refractivity contribution is 5.04. The molecule has 2 fully saturated rings. The van der Waals surface area contributed by atoms with E-state index < -0.39 is 0 Å². The van der Waals surface area contributed by atoms with Crippen LogP contribution in [0, 0.1) is 12.8 Å². The summed E-state index contributed by atoms with van der Waals surface area (Å²) in [5.74, 6) is 2.02. The third-order valence-electron chi connectivity index (χ3n) is 5.29. The SMILES string of the molecule is CCC1CNC(C)(C2CC2)CN1CCn1ccnc1C. The average Bonchev–Trinajstić information content (AvgIpc) is 3.22. The molecule has 0 aromatic carbocycles. The summed E-state index contributed by atoms with van der Waals surface area (Å²) in [7, 11) is 0. The first-order chi connectivity index (χ1) is 9.62. The van der Waals surface area contributed by atoms with Gasteiger partial charge in [0.15, 0.2) is 0 Å². The molecule has 1 N–H and O–H groups in total. The topological polar surface area (TPSA) is 33.1 Å². The first-order valence-electron chi connectivity index (χ1n) is 8.09. The van der Waals surface area contributed by atoms with E-state index in [2.05, 4.69) is 46.7 Å². The van der Waals surface area contributed by atoms with E-state index in [1.165, 1.54) is 25.8 Å². The second kappa shape index (κ2) is 5.49. The van der Waals surface area contributed by atoms with Crippen molar-refractivity contribution in [3.05, 3.63) is 18.2 Å². The maximum Gasteiger partial charge on any atom is 0.105 e. The van der Waals surface area contributed by atoms with Gasteiger partial charge in [0.1, 0.15) is 5.82 Å². The van der Waals surface area contributed by atoms with Gasteiger partial charge in [0, 0.05) is 50.2 Å². The van der Waals surface area contributed by atoms with Crippen LogP contribution >= 0.6 is 0 Å². The first kappa shape index (κ1) is 14.1. The van der Waals surface area contributed by atoms with Gasteiger partial charge in [-0.1, -0.05) is 6.92 Å². The van der Waals surface area contributed by atoms with Gasteiger partial charge in [0.25, 0.3) is 0 Å². The number of hydrogen-bond donors (Lipinski definition) is 1. The van der Waals surface area contributed by atoms with Crippen LogP contribution in [-0.2, 0) is 6.54 Å². The van der Waals surface area contributed by atoms with Crippen LogP contribution in [0.1, 0.15) is 38.9 Å². The lowest BCUT2D eigenvalue weighted by atomic mass is 9.90. The Labute approximate surface area is 122 Å². The molecule has 1 saturated carbocycles. The van der Waals surface area contributed by atoms with Crippen molar-refractivity contribution in [2.75, 3.05) is 19.6 Å². The maximum absolute atomic E-state index is 4.32. The van der Waals surface area contributed by atoms with Crippen LogP contribution in [0.25, 0.3) is 0 Å². The van der Waals surface area contributed by atoms with Gasteiger partial charge < -0.3 is 9.88 Å². The summed E-state index contributed by atoms with van der Waals surface area (Å²) in [6.07, 6.45) is 8.05. The number of nitrogens with one attached hydrogen (secondary N) is 1. The molecular formula is C16H28N4. The molecule has 2 aliphatic rings. The van der Waals surface area contributed by atoms with Crippen molar-refractivity contribution < 1.29 is 0 Å². The highest BCUT2D eigenvalue weighted by Crippen LogP contribution is 2.41. The molecule has 1 aliphatic heterocycles. The first-order valence-corrected chi connectivity index (χ1v) is 8.09. The molecule has 2 heterocycles. The monoisotopic (exact) mass is 276 g/mol. The predicted molar refractivity (Wildman–Crippen MR) is 81.7 cm³/mol. The number of nitrogens with zero attached hydrogens (tertiary/aromatic N) is 3. The molecule has 1 aromatic heterocycles. The van der Waals surface area contributed by atoms with Gasteiger partial charge in [-0.05, 0) is 39.0 Å². The molecule has 20 heavy (non-hydrogen) atoms. The maximum atomic E-state index is 4.32. The Bertz CT molecular complexity index is 451. The van der Waals surface area contributed by atoms with Gasteiger partial charge in [-0.3, -0.25) is 4.90 Å². The van der Waals surface area contributed by atoms with Crippen molar-refractivity contribution in [1.29, 1.82) is 0 Å². The largest absolute Gasteiger partial charge is 0.334 e. The van der Waals surface area contributed by atoms with E-state index in [1.807, 2.05) is 6.20 Å². The van der Waals surface area contributed by atoms with Crippen molar-refractivity contribution in [1.82, 2.24) is 19.8 Å². The third kappa shape index (κ3) is 2.77. The van der Waals surface area contributed by atoms with E-state index in [9.17, 15) is 0 Å². The lowest BCUT2D eigenvalue weighted by Crippen LogP contribution is -2.64. The quantitative estimate of drug-likeness (QED) is 0.893. The summed E-state index contributed by atoms with van der Waals surface area (Å²) in [6, 6.07) is 0.686. The van der Waals surface area contributed by atoms with Crippen LogP contribution < -0.4 is 5.32 Å². The molecule has 3 rings (SSSR count). The molecule has 0 radical (unpaired) electrons. The summed E-state index contributed by atoms with van der Waals surface area (Å²) in [4.78, 5) is 7.02. The Hall–Kier alpha value is -0.870. The number of aryl methyl sites for hydroxylation is 1. The normalized spacial score (nSPS) is 31.6. The molecule has 1 saturated heterocycles. The van der Waals surface area contributed by atoms with Crippen molar-refractivity contribution in [3.8, 4) is 0 Å². The van der Waals surface area contributed by atoms with Gasteiger partial charge in [-0.25, -0.2) is 4.98 Å². The molecule has 1 aliphatic carbocycles. The molecule has 0 bridgehead atoms. The number of hydrogen-bond acceptors (Lipinski definition) is 3. The van der Waals surface area contributed by atoms with Crippen molar-refractivity contribution >= 4 is 0 Å². The number of piperazine rings is 1.